The number of benzene rings is 4. The van der Waals surface area contributed by atoms with Gasteiger partial charge in [0.05, 0.1) is 13.4 Å². The van der Waals surface area contributed by atoms with Crippen LogP contribution in [0.3, 0.4) is 0 Å². The first-order chi connectivity index (χ1) is 18.1. The molecule has 1 aromatic heterocycles. The minimum Gasteiger partial charge on any atom is -0.496 e. The summed E-state index contributed by atoms with van der Waals surface area (Å²) in [5.41, 5.74) is 6.55. The highest BCUT2D eigenvalue weighted by atomic mass is 16.5. The van der Waals surface area contributed by atoms with Gasteiger partial charge in [-0.1, -0.05) is 61.9 Å². The number of nitrogens with one attached hydrogen (secondary N) is 1. The van der Waals surface area contributed by atoms with E-state index >= 15 is 0 Å². The van der Waals surface area contributed by atoms with E-state index in [1.165, 1.54) is 29.2 Å². The Kier molecular flexibility index (Phi) is 7.09. The van der Waals surface area contributed by atoms with Crippen molar-refractivity contribution in [2.75, 3.05) is 12.4 Å². The molecular weight excluding hydrogens is 458 g/mol. The fourth-order valence-corrected chi connectivity index (χ4v) is 4.70. The second kappa shape index (κ2) is 10.8. The topological polar surface area (TPSA) is 51.5 Å². The van der Waals surface area contributed by atoms with E-state index in [1.54, 1.807) is 19.4 Å². The van der Waals surface area contributed by atoms with Gasteiger partial charge in [0.25, 0.3) is 0 Å². The Labute approximate surface area is 217 Å². The normalized spacial score (nSPS) is 11.7. The molecule has 1 amide bonds. The highest BCUT2D eigenvalue weighted by molar-refractivity contribution is 6.05. The van der Waals surface area contributed by atoms with Crippen molar-refractivity contribution in [1.82, 2.24) is 0 Å². The summed E-state index contributed by atoms with van der Waals surface area (Å²) in [5, 5.41) is 6.32. The highest BCUT2D eigenvalue weighted by Gasteiger charge is 2.15. The van der Waals surface area contributed by atoms with Gasteiger partial charge >= 0.3 is 0 Å². The Morgan fingerprint density at radius 3 is 2.51 bits per heavy atom. The monoisotopic (exact) mass is 489 g/mol. The lowest BCUT2D eigenvalue weighted by Gasteiger charge is -2.11. The van der Waals surface area contributed by atoms with Gasteiger partial charge in [-0.05, 0) is 71.5 Å². The molecule has 0 bridgehead atoms. The summed E-state index contributed by atoms with van der Waals surface area (Å²) in [6, 6.07) is 26.7. The second-order valence-electron chi connectivity index (χ2n) is 9.38. The van der Waals surface area contributed by atoms with Crippen LogP contribution in [0.5, 0.6) is 5.75 Å². The summed E-state index contributed by atoms with van der Waals surface area (Å²) in [4.78, 5) is 12.8. The Hall–Kier alpha value is -4.31. The van der Waals surface area contributed by atoms with E-state index in [1.807, 2.05) is 43.3 Å². The van der Waals surface area contributed by atoms with Crippen molar-refractivity contribution in [3.8, 4) is 16.9 Å². The first kappa shape index (κ1) is 24.4. The number of fused-ring (bicyclic) bond motifs is 2. The molecule has 0 aliphatic heterocycles. The Morgan fingerprint density at radius 1 is 0.973 bits per heavy atom. The maximum atomic E-state index is 12.8. The first-order valence-corrected chi connectivity index (χ1v) is 12.7. The number of ether oxygens (including phenoxy) is 1. The average Bonchev–Trinajstić information content (AvgIpc) is 3.34. The van der Waals surface area contributed by atoms with Gasteiger partial charge < -0.3 is 14.5 Å². The number of methoxy groups -OCH3 is 1. The number of aryl methyl sites for hydroxylation is 1. The Bertz CT molecular complexity index is 1590. The predicted octanol–water partition coefficient (Wildman–Crippen LogP) is 8.65. The standard InChI is InChI=1S/C33H31NO3/c1-4-5-8-23-11-15-27(16-12-23)34-33(35)17-22(2)28-19-29-30(21-37-32(29)20-31(28)36-3)26-14-13-24-9-6-7-10-25(24)18-26/h6-7,9-21H,4-5,8H2,1-3H3,(H,34,35)/b22-17+. The maximum Gasteiger partial charge on any atom is 0.248 e. The highest BCUT2D eigenvalue weighted by Crippen LogP contribution is 2.38. The van der Waals surface area contributed by atoms with E-state index in [0.29, 0.717) is 5.75 Å². The van der Waals surface area contributed by atoms with Crippen LogP contribution in [0, 0.1) is 0 Å². The number of anilines is 1. The molecular formula is C33H31NO3. The van der Waals surface area contributed by atoms with Crippen LogP contribution in [0.2, 0.25) is 0 Å². The number of unbranched alkanes of at least 4 members (excludes halogenated alkanes) is 1. The van der Waals surface area contributed by atoms with Crippen molar-refractivity contribution in [2.24, 2.45) is 0 Å². The minimum absolute atomic E-state index is 0.178. The van der Waals surface area contributed by atoms with Crippen LogP contribution in [0.15, 0.2) is 95.6 Å². The molecule has 5 aromatic rings. The van der Waals surface area contributed by atoms with Gasteiger partial charge in [0.1, 0.15) is 11.3 Å². The lowest BCUT2D eigenvalue weighted by molar-refractivity contribution is -0.111. The van der Waals surface area contributed by atoms with Crippen LogP contribution in [-0.2, 0) is 11.2 Å². The van der Waals surface area contributed by atoms with E-state index in [-0.39, 0.29) is 5.91 Å². The van der Waals surface area contributed by atoms with E-state index < -0.39 is 0 Å². The predicted molar refractivity (Wildman–Crippen MR) is 153 cm³/mol. The van der Waals surface area contributed by atoms with E-state index in [2.05, 4.69) is 54.7 Å². The van der Waals surface area contributed by atoms with Gasteiger partial charge in [-0.3, -0.25) is 4.79 Å². The Balaban J connectivity index is 1.44. The van der Waals surface area contributed by atoms with Crippen LogP contribution >= 0.6 is 0 Å². The van der Waals surface area contributed by atoms with Gasteiger partial charge in [0.15, 0.2) is 0 Å². The summed E-state index contributed by atoms with van der Waals surface area (Å²) >= 11 is 0. The second-order valence-corrected chi connectivity index (χ2v) is 9.38. The minimum atomic E-state index is -0.178. The summed E-state index contributed by atoms with van der Waals surface area (Å²) in [7, 11) is 1.63. The molecule has 4 aromatic carbocycles. The fraction of sp³-hybridized carbons (Fsp3) is 0.182. The smallest absolute Gasteiger partial charge is 0.248 e. The molecule has 4 nitrogen and oxygen atoms in total. The average molecular weight is 490 g/mol. The summed E-state index contributed by atoms with van der Waals surface area (Å²) in [5.74, 6) is 0.483. The number of furan rings is 1. The SMILES string of the molecule is CCCCc1ccc(NC(=O)/C=C(\C)c2cc3c(-c4ccc5ccccc5c4)coc3cc2OC)cc1. The fourth-order valence-electron chi connectivity index (χ4n) is 4.70. The third kappa shape index (κ3) is 5.29. The van der Waals surface area contributed by atoms with Crippen LogP contribution < -0.4 is 10.1 Å². The lowest BCUT2D eigenvalue weighted by atomic mass is 9.97. The van der Waals surface area contributed by atoms with Crippen LogP contribution in [0.4, 0.5) is 5.69 Å². The van der Waals surface area contributed by atoms with Crippen molar-refractivity contribution in [1.29, 1.82) is 0 Å². The maximum absolute atomic E-state index is 12.8. The van der Waals surface area contributed by atoms with Crippen LogP contribution in [0.1, 0.15) is 37.8 Å². The Morgan fingerprint density at radius 2 is 1.76 bits per heavy atom. The van der Waals surface area contributed by atoms with Gasteiger partial charge in [0.2, 0.25) is 5.91 Å². The molecule has 0 saturated heterocycles. The molecule has 0 radical (unpaired) electrons. The van der Waals surface area contributed by atoms with Crippen molar-refractivity contribution < 1.29 is 13.9 Å². The van der Waals surface area contributed by atoms with Crippen molar-refractivity contribution in [2.45, 2.75) is 33.1 Å². The molecule has 0 aliphatic rings. The molecule has 1 N–H and O–H groups in total. The summed E-state index contributed by atoms with van der Waals surface area (Å²) < 4.78 is 11.6. The largest absolute Gasteiger partial charge is 0.496 e. The molecule has 0 saturated carbocycles. The third-order valence-corrected chi connectivity index (χ3v) is 6.77. The number of allylic oxidation sites excluding steroid dienone is 1. The quantitative estimate of drug-likeness (QED) is 0.222. The third-order valence-electron chi connectivity index (χ3n) is 6.77. The van der Waals surface area contributed by atoms with Crippen LogP contribution in [-0.4, -0.2) is 13.0 Å². The van der Waals surface area contributed by atoms with Gasteiger partial charge in [-0.2, -0.15) is 0 Å². The molecule has 0 aliphatic carbocycles. The van der Waals surface area contributed by atoms with Crippen molar-refractivity contribution in [3.63, 3.8) is 0 Å². The van der Waals surface area contributed by atoms with Crippen LogP contribution in [0.25, 0.3) is 38.4 Å². The molecule has 5 rings (SSSR count). The number of rotatable bonds is 8. The zero-order valence-corrected chi connectivity index (χ0v) is 21.5. The molecule has 1 heterocycles. The molecule has 37 heavy (non-hydrogen) atoms. The molecule has 0 unspecified atom stereocenters. The number of hydrogen-bond acceptors (Lipinski definition) is 3. The van der Waals surface area contributed by atoms with E-state index in [0.717, 1.165) is 45.3 Å². The molecule has 0 fully saturated rings. The van der Waals surface area contributed by atoms with E-state index in [4.69, 9.17) is 9.15 Å². The number of hydrogen-bond donors (Lipinski definition) is 1. The van der Waals surface area contributed by atoms with Gasteiger partial charge in [-0.25, -0.2) is 0 Å². The van der Waals surface area contributed by atoms with Gasteiger partial charge in [-0.15, -0.1) is 0 Å². The zero-order valence-electron chi connectivity index (χ0n) is 21.5. The van der Waals surface area contributed by atoms with Gasteiger partial charge in [0, 0.05) is 34.3 Å². The van der Waals surface area contributed by atoms with Crippen molar-refractivity contribution >= 4 is 38.9 Å². The number of carbonyl (C=O) groups excluding carboxylic acids is 1. The molecule has 4 heteroatoms. The molecule has 186 valence electrons. The van der Waals surface area contributed by atoms with Crippen molar-refractivity contribution in [3.05, 3.63) is 102 Å². The first-order valence-electron chi connectivity index (χ1n) is 12.7. The number of carbonyl (C=O) groups is 1. The summed E-state index contributed by atoms with van der Waals surface area (Å²) in [6.07, 6.45) is 6.79. The number of amides is 1. The molecule has 0 atom stereocenters. The lowest BCUT2D eigenvalue weighted by Crippen LogP contribution is -2.08. The molecule has 0 spiro atoms. The zero-order chi connectivity index (χ0) is 25.8. The van der Waals surface area contributed by atoms with E-state index in [9.17, 15) is 4.79 Å². The summed E-state index contributed by atoms with van der Waals surface area (Å²) in [6.45, 7) is 4.11.